The van der Waals surface area contributed by atoms with Crippen molar-refractivity contribution < 1.29 is 0 Å². The molecule has 0 N–H and O–H groups in total. The third-order valence-electron chi connectivity index (χ3n) is 9.77. The molecule has 0 saturated heterocycles. The van der Waals surface area contributed by atoms with E-state index in [1.807, 2.05) is 11.3 Å². The lowest BCUT2D eigenvalue weighted by molar-refractivity contribution is 1.05. The highest BCUT2D eigenvalue weighted by Crippen LogP contribution is 2.58. The maximum absolute atomic E-state index is 2.52. The van der Waals surface area contributed by atoms with Gasteiger partial charge in [-0.05, 0) is 74.7 Å². The van der Waals surface area contributed by atoms with Gasteiger partial charge in [-0.1, -0.05) is 91.0 Å². The van der Waals surface area contributed by atoms with Crippen LogP contribution in [0.2, 0.25) is 0 Å². The zero-order valence-electron chi connectivity index (χ0n) is 22.0. The molecule has 1 atom stereocenters. The fourth-order valence-corrected chi connectivity index (χ4v) is 9.40. The molecule has 1 nitrogen and oxygen atoms in total. The van der Waals surface area contributed by atoms with Crippen LogP contribution in [0.15, 0.2) is 121 Å². The Hall–Kier alpha value is -4.92. The predicted molar refractivity (Wildman–Crippen MR) is 174 cm³/mol. The summed E-state index contributed by atoms with van der Waals surface area (Å²) in [5.74, 6) is 0.334. The first-order valence-electron chi connectivity index (χ1n) is 14.3. The highest BCUT2D eigenvalue weighted by atomic mass is 32.1. The zero-order valence-corrected chi connectivity index (χ0v) is 22.8. The van der Waals surface area contributed by atoms with Gasteiger partial charge in [0.15, 0.2) is 0 Å². The van der Waals surface area contributed by atoms with E-state index in [9.17, 15) is 0 Å². The van der Waals surface area contributed by atoms with Gasteiger partial charge in [-0.2, -0.15) is 0 Å². The molecular formula is C39H21NS. The molecule has 0 bridgehead atoms. The average molecular weight is 536 g/mol. The van der Waals surface area contributed by atoms with Crippen molar-refractivity contribution in [1.29, 1.82) is 0 Å². The maximum Gasteiger partial charge on any atom is 0.0554 e. The van der Waals surface area contributed by atoms with Crippen molar-refractivity contribution in [2.75, 3.05) is 0 Å². The van der Waals surface area contributed by atoms with Crippen LogP contribution in [0, 0.1) is 0 Å². The number of rotatable bonds is 1. The molecule has 9 aromatic rings. The number of nitrogens with zero attached hydrogens (tertiary/aromatic N) is 1. The van der Waals surface area contributed by atoms with Crippen molar-refractivity contribution in [2.45, 2.75) is 5.92 Å². The first-order chi connectivity index (χ1) is 20.3. The second-order valence-corrected chi connectivity index (χ2v) is 12.7. The molecular weight excluding hydrogens is 515 g/mol. The average Bonchev–Trinajstić information content (AvgIpc) is 3.76. The molecule has 0 saturated carbocycles. The topological polar surface area (TPSA) is 4.93 Å². The van der Waals surface area contributed by atoms with Gasteiger partial charge in [0.1, 0.15) is 0 Å². The number of thiophene rings is 1. The van der Waals surface area contributed by atoms with Crippen molar-refractivity contribution in [3.05, 3.63) is 138 Å². The smallest absolute Gasteiger partial charge is 0.0554 e. The normalized spacial score (nSPS) is 15.1. The lowest BCUT2D eigenvalue weighted by Crippen LogP contribution is -1.97. The molecule has 0 amide bonds. The standard InChI is InChI=1S/C39H21NS/c1-2-10-25-23(8-1)26-11-6-12-27-30-19-22(16-18-28(30)37(25)36(26)27)40-32-13-5-7-21-15-17-29-38(35(21)32)33(40)20-31-24-9-3-4-14-34(24)41-39(29)31/h1-20,37H. The van der Waals surface area contributed by atoms with E-state index in [1.54, 1.807) is 0 Å². The molecule has 2 heteroatoms. The van der Waals surface area contributed by atoms with Crippen LogP contribution in [-0.4, -0.2) is 4.57 Å². The van der Waals surface area contributed by atoms with Crippen LogP contribution in [-0.2, 0) is 0 Å². The minimum atomic E-state index is 0.334. The van der Waals surface area contributed by atoms with E-state index in [2.05, 4.69) is 126 Å². The quantitative estimate of drug-likeness (QED) is 0.184. The summed E-state index contributed by atoms with van der Waals surface area (Å²) in [7, 11) is 0. The van der Waals surface area contributed by atoms with E-state index in [-0.39, 0.29) is 0 Å². The molecule has 1 unspecified atom stereocenters. The predicted octanol–water partition coefficient (Wildman–Crippen LogP) is 10.9. The van der Waals surface area contributed by atoms with E-state index >= 15 is 0 Å². The summed E-state index contributed by atoms with van der Waals surface area (Å²) in [5, 5.41) is 8.13. The zero-order chi connectivity index (χ0) is 26.4. The molecule has 7 aromatic carbocycles. The molecule has 0 aliphatic heterocycles. The Balaban J connectivity index is 1.26. The van der Waals surface area contributed by atoms with Crippen molar-refractivity contribution in [3.8, 4) is 27.9 Å². The third kappa shape index (κ3) is 2.38. The Bertz CT molecular complexity index is 2590. The van der Waals surface area contributed by atoms with Crippen LogP contribution in [0.3, 0.4) is 0 Å². The van der Waals surface area contributed by atoms with Gasteiger partial charge in [0.05, 0.1) is 11.0 Å². The third-order valence-corrected chi connectivity index (χ3v) is 11.0. The molecule has 2 heterocycles. The van der Waals surface area contributed by atoms with Gasteiger partial charge in [0.25, 0.3) is 0 Å². The lowest BCUT2D eigenvalue weighted by atomic mass is 9.93. The van der Waals surface area contributed by atoms with Crippen molar-refractivity contribution in [2.24, 2.45) is 0 Å². The summed E-state index contributed by atoms with van der Waals surface area (Å²) in [4.78, 5) is 0. The van der Waals surface area contributed by atoms with Gasteiger partial charge < -0.3 is 4.57 Å². The minimum absolute atomic E-state index is 0.334. The molecule has 0 spiro atoms. The van der Waals surface area contributed by atoms with Gasteiger partial charge in [-0.25, -0.2) is 0 Å². The van der Waals surface area contributed by atoms with Crippen LogP contribution >= 0.6 is 11.3 Å². The SMILES string of the molecule is c1ccc2c(c1)-c1cccc3c1C2c1ccc(-n2c4cccc5ccc6c7sc8ccccc8c7cc2c6c54)cc1-3. The van der Waals surface area contributed by atoms with Gasteiger partial charge >= 0.3 is 0 Å². The van der Waals surface area contributed by atoms with Crippen molar-refractivity contribution in [3.63, 3.8) is 0 Å². The molecule has 2 aliphatic carbocycles. The molecule has 0 fully saturated rings. The number of hydrogen-bond donors (Lipinski definition) is 0. The fourth-order valence-electron chi connectivity index (χ4n) is 8.19. The van der Waals surface area contributed by atoms with Gasteiger partial charge in [-0.15, -0.1) is 11.3 Å². The second kappa shape index (κ2) is 7.04. The second-order valence-electron chi connectivity index (χ2n) is 11.6. The van der Waals surface area contributed by atoms with Crippen LogP contribution in [0.5, 0.6) is 0 Å². The molecule has 0 radical (unpaired) electrons. The van der Waals surface area contributed by atoms with E-state index < -0.39 is 0 Å². The van der Waals surface area contributed by atoms with Gasteiger partial charge in [-0.3, -0.25) is 0 Å². The highest BCUT2D eigenvalue weighted by Gasteiger charge is 2.38. The first kappa shape index (κ1) is 20.9. The maximum atomic E-state index is 2.52. The first-order valence-corrected chi connectivity index (χ1v) is 15.1. The summed E-state index contributed by atoms with van der Waals surface area (Å²) in [6, 6.07) is 45.8. The van der Waals surface area contributed by atoms with Crippen LogP contribution in [0.25, 0.3) is 80.7 Å². The summed E-state index contributed by atoms with van der Waals surface area (Å²) < 4.78 is 5.27. The van der Waals surface area contributed by atoms with Crippen LogP contribution in [0.1, 0.15) is 22.6 Å². The Morgan fingerprint density at radius 2 is 1.32 bits per heavy atom. The number of benzene rings is 7. The van der Waals surface area contributed by atoms with E-state index in [1.165, 1.54) is 97.4 Å². The molecule has 11 rings (SSSR count). The van der Waals surface area contributed by atoms with Gasteiger partial charge in [0, 0.05) is 47.9 Å². The monoisotopic (exact) mass is 535 g/mol. The summed E-state index contributed by atoms with van der Waals surface area (Å²) in [5.41, 5.74) is 13.7. The Morgan fingerprint density at radius 1 is 0.512 bits per heavy atom. The van der Waals surface area contributed by atoms with Crippen LogP contribution in [0.4, 0.5) is 0 Å². The van der Waals surface area contributed by atoms with E-state index in [0.29, 0.717) is 5.92 Å². The summed E-state index contributed by atoms with van der Waals surface area (Å²) in [6.07, 6.45) is 0. The lowest BCUT2D eigenvalue weighted by Gasteiger charge is -2.14. The minimum Gasteiger partial charge on any atom is -0.309 e. The fraction of sp³-hybridized carbons (Fsp3) is 0.0256. The summed E-state index contributed by atoms with van der Waals surface area (Å²) in [6.45, 7) is 0. The number of fused-ring (bicyclic) bond motifs is 10. The van der Waals surface area contributed by atoms with Crippen molar-refractivity contribution >= 4 is 64.1 Å². The van der Waals surface area contributed by atoms with Crippen LogP contribution < -0.4 is 0 Å². The van der Waals surface area contributed by atoms with E-state index in [0.717, 1.165) is 0 Å². The Morgan fingerprint density at radius 3 is 2.29 bits per heavy atom. The number of hydrogen-bond acceptors (Lipinski definition) is 1. The van der Waals surface area contributed by atoms with E-state index in [4.69, 9.17) is 0 Å². The number of aromatic nitrogens is 1. The highest BCUT2D eigenvalue weighted by molar-refractivity contribution is 7.26. The Labute approximate surface area is 239 Å². The Kier molecular flexibility index (Phi) is 3.59. The van der Waals surface area contributed by atoms with Crippen molar-refractivity contribution in [1.82, 2.24) is 4.57 Å². The molecule has 41 heavy (non-hydrogen) atoms. The largest absolute Gasteiger partial charge is 0.309 e. The van der Waals surface area contributed by atoms with Gasteiger partial charge in [0.2, 0.25) is 0 Å². The molecule has 2 aromatic heterocycles. The molecule has 188 valence electrons. The molecule has 2 aliphatic rings. The summed E-state index contributed by atoms with van der Waals surface area (Å²) >= 11 is 1.92.